The van der Waals surface area contributed by atoms with Gasteiger partial charge in [0.05, 0.1) is 41.4 Å². The second kappa shape index (κ2) is 11.8. The van der Waals surface area contributed by atoms with Gasteiger partial charge in [0.2, 0.25) is 10.9 Å². The Bertz CT molecular complexity index is 1910. The third kappa shape index (κ3) is 5.26. The number of amides is 1. The molecule has 0 spiro atoms. The number of fused-ring (bicyclic) bond motifs is 1. The summed E-state index contributed by atoms with van der Waals surface area (Å²) in [6.07, 6.45) is 0. The molecular weight excluding hydrogens is 605 g/mol. The van der Waals surface area contributed by atoms with Crippen LogP contribution in [-0.2, 0) is 10.5 Å². The molecule has 218 valence electrons. The summed E-state index contributed by atoms with van der Waals surface area (Å²) in [5, 5.41) is 23.2. The van der Waals surface area contributed by atoms with Crippen LogP contribution in [0.3, 0.4) is 0 Å². The van der Waals surface area contributed by atoms with Gasteiger partial charge in [-0.05, 0) is 47.9 Å². The number of thiazole rings is 1. The SMILES string of the molecule is COc1ccc(C2C(C(=O)c3sc(C)nc3C)=C(O)C(=O)N2c2nnc(SCc3cccc4ccccc34)s2)cc1OC. The lowest BCUT2D eigenvalue weighted by Crippen LogP contribution is -2.31. The van der Waals surface area contributed by atoms with Gasteiger partial charge in [-0.3, -0.25) is 14.5 Å². The van der Waals surface area contributed by atoms with Crippen molar-refractivity contribution in [1.82, 2.24) is 15.2 Å². The van der Waals surface area contributed by atoms with Gasteiger partial charge in [-0.2, -0.15) is 0 Å². The number of benzene rings is 3. The van der Waals surface area contributed by atoms with Gasteiger partial charge in [0, 0.05) is 5.75 Å². The van der Waals surface area contributed by atoms with E-state index in [2.05, 4.69) is 39.4 Å². The van der Waals surface area contributed by atoms with Gasteiger partial charge in [0.15, 0.2) is 21.6 Å². The summed E-state index contributed by atoms with van der Waals surface area (Å²) in [4.78, 5) is 33.7. The van der Waals surface area contributed by atoms with E-state index in [0.717, 1.165) is 16.3 Å². The Morgan fingerprint density at radius 3 is 2.51 bits per heavy atom. The van der Waals surface area contributed by atoms with E-state index in [-0.39, 0.29) is 10.7 Å². The highest BCUT2D eigenvalue weighted by atomic mass is 32.2. The number of Topliss-reactive ketones (excluding diaryl/α,β-unsaturated/α-hetero) is 1. The van der Waals surface area contributed by atoms with Gasteiger partial charge < -0.3 is 14.6 Å². The van der Waals surface area contributed by atoms with E-state index in [9.17, 15) is 14.7 Å². The lowest BCUT2D eigenvalue weighted by atomic mass is 9.95. The summed E-state index contributed by atoms with van der Waals surface area (Å²) in [5.74, 6) is -0.273. The van der Waals surface area contributed by atoms with Gasteiger partial charge in [-0.15, -0.1) is 21.5 Å². The number of anilines is 1. The van der Waals surface area contributed by atoms with E-state index in [4.69, 9.17) is 9.47 Å². The molecule has 3 aromatic carbocycles. The van der Waals surface area contributed by atoms with Crippen molar-refractivity contribution >= 4 is 62.0 Å². The van der Waals surface area contributed by atoms with Crippen LogP contribution in [0.2, 0.25) is 0 Å². The van der Waals surface area contributed by atoms with Crippen LogP contribution in [-0.4, -0.2) is 46.2 Å². The molecule has 1 aliphatic heterocycles. The maximum atomic E-state index is 13.9. The average Bonchev–Trinajstić information content (AvgIpc) is 3.70. The third-order valence-electron chi connectivity index (χ3n) is 7.12. The molecule has 1 unspecified atom stereocenters. The third-order valence-corrected chi connectivity index (χ3v) is 10.3. The molecule has 1 aliphatic rings. The van der Waals surface area contributed by atoms with E-state index in [1.54, 1.807) is 32.0 Å². The Hall–Kier alpha value is -4.26. The fourth-order valence-electron chi connectivity index (χ4n) is 5.15. The summed E-state index contributed by atoms with van der Waals surface area (Å²) >= 11 is 3.95. The maximum absolute atomic E-state index is 13.9. The van der Waals surface area contributed by atoms with Crippen LogP contribution in [0.1, 0.15) is 37.5 Å². The number of thioether (sulfide) groups is 1. The van der Waals surface area contributed by atoms with Crippen molar-refractivity contribution in [1.29, 1.82) is 0 Å². The van der Waals surface area contributed by atoms with E-state index >= 15 is 0 Å². The highest BCUT2D eigenvalue weighted by molar-refractivity contribution is 8.00. The molecule has 0 saturated carbocycles. The minimum Gasteiger partial charge on any atom is -0.503 e. The molecular formula is C31H26N4O5S3. The Balaban J connectivity index is 1.38. The summed E-state index contributed by atoms with van der Waals surface area (Å²) in [6.45, 7) is 3.54. The normalized spacial score (nSPS) is 15.0. The first-order valence-electron chi connectivity index (χ1n) is 13.2. The molecule has 0 fully saturated rings. The second-order valence-electron chi connectivity index (χ2n) is 9.71. The standard InChI is InChI=1S/C31H26N4O5S3/c1-16-28(42-17(2)32-16)26(36)24-25(19-12-13-22(39-3)23(14-19)40-4)35(29(38)27(24)37)30-33-34-31(43-30)41-15-20-10-7-9-18-8-5-6-11-21(18)20/h5-14,25,37H,15H2,1-4H3. The number of hydrogen-bond donors (Lipinski definition) is 1. The molecule has 5 aromatic rings. The van der Waals surface area contributed by atoms with Crippen molar-refractivity contribution in [3.05, 3.63) is 98.7 Å². The molecule has 2 aromatic heterocycles. The number of methoxy groups -OCH3 is 2. The highest BCUT2D eigenvalue weighted by Crippen LogP contribution is 2.46. The summed E-state index contributed by atoms with van der Waals surface area (Å²) in [5.41, 5.74) is 2.18. The van der Waals surface area contributed by atoms with Crippen LogP contribution in [0, 0.1) is 13.8 Å². The zero-order valence-corrected chi connectivity index (χ0v) is 26.1. The van der Waals surface area contributed by atoms with Gasteiger partial charge in [0.1, 0.15) is 0 Å². The summed E-state index contributed by atoms with van der Waals surface area (Å²) in [7, 11) is 3.03. The number of aliphatic hydroxyl groups excluding tert-OH is 1. The molecule has 6 rings (SSSR count). The van der Waals surface area contributed by atoms with Crippen LogP contribution in [0.15, 0.2) is 76.3 Å². The predicted molar refractivity (Wildman–Crippen MR) is 169 cm³/mol. The molecule has 43 heavy (non-hydrogen) atoms. The predicted octanol–water partition coefficient (Wildman–Crippen LogP) is 6.86. The van der Waals surface area contributed by atoms with Gasteiger partial charge in [-0.1, -0.05) is 71.6 Å². The van der Waals surface area contributed by atoms with Gasteiger partial charge in [-0.25, -0.2) is 4.98 Å². The number of aromatic nitrogens is 3. The van der Waals surface area contributed by atoms with E-state index in [1.807, 2.05) is 18.2 Å². The maximum Gasteiger partial charge on any atom is 0.296 e. The Morgan fingerprint density at radius 2 is 1.77 bits per heavy atom. The molecule has 1 N–H and O–H groups in total. The van der Waals surface area contributed by atoms with E-state index in [1.165, 1.54) is 53.6 Å². The Kier molecular flexibility index (Phi) is 7.91. The lowest BCUT2D eigenvalue weighted by Gasteiger charge is -2.24. The van der Waals surface area contributed by atoms with Gasteiger partial charge in [0.25, 0.3) is 5.91 Å². The monoisotopic (exact) mass is 630 g/mol. The van der Waals surface area contributed by atoms with Gasteiger partial charge >= 0.3 is 0 Å². The van der Waals surface area contributed by atoms with Crippen LogP contribution in [0.25, 0.3) is 10.8 Å². The summed E-state index contributed by atoms with van der Waals surface area (Å²) < 4.78 is 11.6. The number of aryl methyl sites for hydroxylation is 2. The Labute approximate surface area is 259 Å². The molecule has 0 radical (unpaired) electrons. The van der Waals surface area contributed by atoms with Crippen molar-refractivity contribution < 1.29 is 24.2 Å². The largest absolute Gasteiger partial charge is 0.503 e. The first-order valence-corrected chi connectivity index (χ1v) is 15.8. The Morgan fingerprint density at radius 1 is 1.00 bits per heavy atom. The molecule has 0 saturated heterocycles. The number of ether oxygens (including phenoxy) is 2. The number of carbonyl (C=O) groups excluding carboxylic acids is 2. The summed E-state index contributed by atoms with van der Waals surface area (Å²) in [6, 6.07) is 18.5. The molecule has 9 nitrogen and oxygen atoms in total. The fourth-order valence-corrected chi connectivity index (χ4v) is 7.90. The highest BCUT2D eigenvalue weighted by Gasteiger charge is 2.47. The first-order chi connectivity index (χ1) is 20.8. The van der Waals surface area contributed by atoms with Crippen LogP contribution >= 0.6 is 34.4 Å². The molecule has 1 amide bonds. The van der Waals surface area contributed by atoms with Crippen molar-refractivity contribution in [3.63, 3.8) is 0 Å². The number of carbonyl (C=O) groups is 2. The van der Waals surface area contributed by atoms with E-state index in [0.29, 0.717) is 42.7 Å². The number of aliphatic hydroxyl groups is 1. The zero-order chi connectivity index (χ0) is 30.2. The number of rotatable bonds is 9. The van der Waals surface area contributed by atoms with Crippen LogP contribution in [0.5, 0.6) is 11.5 Å². The minimum absolute atomic E-state index is 0.0517. The van der Waals surface area contributed by atoms with Crippen molar-refractivity contribution in [3.8, 4) is 11.5 Å². The molecule has 3 heterocycles. The lowest BCUT2D eigenvalue weighted by molar-refractivity contribution is -0.117. The van der Waals surface area contributed by atoms with Crippen molar-refractivity contribution in [2.75, 3.05) is 19.1 Å². The first kappa shape index (κ1) is 28.8. The topological polar surface area (TPSA) is 115 Å². The smallest absolute Gasteiger partial charge is 0.296 e. The van der Waals surface area contributed by atoms with Crippen LogP contribution in [0.4, 0.5) is 5.13 Å². The average molecular weight is 631 g/mol. The number of nitrogens with zero attached hydrogens (tertiary/aromatic N) is 4. The molecule has 0 bridgehead atoms. The van der Waals surface area contributed by atoms with Crippen LogP contribution < -0.4 is 14.4 Å². The zero-order valence-electron chi connectivity index (χ0n) is 23.7. The van der Waals surface area contributed by atoms with Crippen molar-refractivity contribution in [2.24, 2.45) is 0 Å². The second-order valence-corrected chi connectivity index (χ2v) is 13.1. The van der Waals surface area contributed by atoms with Crippen molar-refractivity contribution in [2.45, 2.75) is 30.0 Å². The number of hydrogen-bond acceptors (Lipinski definition) is 11. The van der Waals surface area contributed by atoms with E-state index < -0.39 is 23.5 Å². The number of ketones is 1. The quantitative estimate of drug-likeness (QED) is 0.106. The fraction of sp³-hybridized carbons (Fsp3) is 0.194. The molecule has 1 atom stereocenters. The molecule has 12 heteroatoms. The minimum atomic E-state index is -0.981. The molecule has 0 aliphatic carbocycles.